The smallest absolute Gasteiger partial charge is 0.234 e. The predicted molar refractivity (Wildman–Crippen MR) is 158 cm³/mol. The molecule has 2 fully saturated rings. The Hall–Kier alpha value is -3.29. The molecule has 41 heavy (non-hydrogen) atoms. The lowest BCUT2D eigenvalue weighted by Gasteiger charge is -2.38. The average Bonchev–Trinajstić information content (AvgIpc) is 3.23. The van der Waals surface area contributed by atoms with E-state index in [-0.39, 0.29) is 36.1 Å². The zero-order valence-electron chi connectivity index (χ0n) is 24.1. The molecular formula is C34H42N2O5. The highest BCUT2D eigenvalue weighted by Gasteiger charge is 2.56. The number of aliphatic hydroxyl groups excluding tert-OH is 2. The lowest BCUT2D eigenvalue weighted by Crippen LogP contribution is -2.42. The van der Waals surface area contributed by atoms with Gasteiger partial charge in [0.2, 0.25) is 11.8 Å². The number of carbonyl (C=O) groups is 2. The summed E-state index contributed by atoms with van der Waals surface area (Å²) in [5.74, 6) is -1.70. The van der Waals surface area contributed by atoms with Crippen LogP contribution in [0.2, 0.25) is 0 Å². The number of carbonyl (C=O) groups excluding carboxylic acids is 2. The molecule has 2 aliphatic carbocycles. The number of allylic oxidation sites excluding steroid dienone is 2. The maximum Gasteiger partial charge on any atom is 0.234 e. The maximum atomic E-state index is 13.8. The third-order valence-electron chi connectivity index (χ3n) is 9.24. The lowest BCUT2D eigenvalue weighted by molar-refractivity contribution is -0.143. The van der Waals surface area contributed by atoms with Gasteiger partial charge < -0.3 is 15.3 Å². The quantitative estimate of drug-likeness (QED) is 0.282. The van der Waals surface area contributed by atoms with Crippen LogP contribution in [0.5, 0.6) is 5.75 Å². The number of phenols is 1. The van der Waals surface area contributed by atoms with E-state index in [1.54, 1.807) is 24.4 Å². The van der Waals surface area contributed by atoms with Crippen LogP contribution in [0.3, 0.4) is 0 Å². The van der Waals surface area contributed by atoms with Gasteiger partial charge in [0.1, 0.15) is 5.75 Å². The third-order valence-corrected chi connectivity index (χ3v) is 9.24. The van der Waals surface area contributed by atoms with E-state index >= 15 is 0 Å². The number of pyridine rings is 1. The van der Waals surface area contributed by atoms with Gasteiger partial charge in [0, 0.05) is 18.2 Å². The van der Waals surface area contributed by atoms with Gasteiger partial charge >= 0.3 is 0 Å². The highest BCUT2D eigenvalue weighted by Crippen LogP contribution is 2.49. The molecule has 1 saturated heterocycles. The number of hydrogen-bond donors (Lipinski definition) is 3. The molecule has 7 nitrogen and oxygen atoms in total. The first-order valence-electron chi connectivity index (χ1n) is 15.1. The highest BCUT2D eigenvalue weighted by atomic mass is 16.3. The number of nitrogens with zero attached hydrogens (tertiary/aromatic N) is 2. The van der Waals surface area contributed by atoms with Gasteiger partial charge in [-0.3, -0.25) is 19.5 Å². The number of aromatic nitrogens is 1. The Morgan fingerprint density at radius 2 is 1.85 bits per heavy atom. The van der Waals surface area contributed by atoms with Crippen LogP contribution in [0.15, 0.2) is 59.8 Å². The minimum absolute atomic E-state index is 0.0481. The Balaban J connectivity index is 1.43. The van der Waals surface area contributed by atoms with E-state index in [0.717, 1.165) is 60.1 Å². The number of aromatic hydroxyl groups is 1. The number of hydrogen-bond acceptors (Lipinski definition) is 6. The van der Waals surface area contributed by atoms with Crippen LogP contribution >= 0.6 is 0 Å². The number of benzene rings is 1. The molecule has 3 N–H and O–H groups in total. The normalized spacial score (nSPS) is 24.8. The predicted octanol–water partition coefficient (Wildman–Crippen LogP) is 5.37. The monoisotopic (exact) mass is 558 g/mol. The van der Waals surface area contributed by atoms with Crippen molar-refractivity contribution in [1.29, 1.82) is 0 Å². The molecule has 1 saturated carbocycles. The molecule has 218 valence electrons. The lowest BCUT2D eigenvalue weighted by atomic mass is 9.66. The summed E-state index contributed by atoms with van der Waals surface area (Å²) in [7, 11) is 0. The largest absolute Gasteiger partial charge is 0.508 e. The molecule has 4 atom stereocenters. The summed E-state index contributed by atoms with van der Waals surface area (Å²) < 4.78 is 0. The van der Waals surface area contributed by atoms with Gasteiger partial charge in [0.05, 0.1) is 30.2 Å². The summed E-state index contributed by atoms with van der Waals surface area (Å²) in [6.07, 6.45) is 9.01. The van der Waals surface area contributed by atoms with E-state index in [0.29, 0.717) is 19.3 Å². The van der Waals surface area contributed by atoms with E-state index < -0.39 is 23.9 Å². The zero-order chi connectivity index (χ0) is 29.1. The number of phenolic OH excluding ortho intramolecular Hbond substituents is 1. The van der Waals surface area contributed by atoms with Gasteiger partial charge in [-0.2, -0.15) is 0 Å². The SMILES string of the molecule is CC(C)C1=C([C@H](O)CC/C(=C/c2cccc(O)c2)c2ccccn2)[C@H](CO)[C@@H]2C(=O)N(C3CCCCC3)C(=O)[C@@H]2C1. The number of imide groups is 1. The van der Waals surface area contributed by atoms with Crippen LogP contribution in [0, 0.1) is 23.7 Å². The van der Waals surface area contributed by atoms with Crippen LogP contribution < -0.4 is 0 Å². The van der Waals surface area contributed by atoms with Crippen molar-refractivity contribution in [3.63, 3.8) is 0 Å². The molecule has 0 spiro atoms. The Morgan fingerprint density at radius 1 is 1.07 bits per heavy atom. The van der Waals surface area contributed by atoms with Crippen LogP contribution in [-0.2, 0) is 9.59 Å². The molecule has 0 radical (unpaired) electrons. The van der Waals surface area contributed by atoms with Crippen molar-refractivity contribution in [2.75, 3.05) is 6.61 Å². The zero-order valence-corrected chi connectivity index (χ0v) is 24.1. The van der Waals surface area contributed by atoms with E-state index in [1.165, 1.54) is 4.90 Å². The van der Waals surface area contributed by atoms with Crippen molar-refractivity contribution < 1.29 is 24.9 Å². The topological polar surface area (TPSA) is 111 Å². The fourth-order valence-corrected chi connectivity index (χ4v) is 7.26. The van der Waals surface area contributed by atoms with E-state index in [9.17, 15) is 24.9 Å². The molecule has 2 amide bonds. The second kappa shape index (κ2) is 12.7. The van der Waals surface area contributed by atoms with Gasteiger partial charge in [-0.25, -0.2) is 0 Å². The van der Waals surface area contributed by atoms with Crippen LogP contribution in [-0.4, -0.2) is 55.8 Å². The molecule has 2 heterocycles. The standard InChI is InChI=1S/C34H42N2O5/c1-21(2)26-19-27-32(34(41)36(33(27)40)24-10-4-3-5-11-24)28(20-37)31(26)30(39)15-14-23(29-13-6-7-16-35-29)17-22-9-8-12-25(38)18-22/h6-9,12-13,16-18,21,24,27-28,30,32,37-39H,3-5,10-11,14-15,19-20H2,1-2H3/b23-17-/t27-,28+,30-,32-/m1/s1. The van der Waals surface area contributed by atoms with Crippen molar-refractivity contribution >= 4 is 23.5 Å². The first-order chi connectivity index (χ1) is 19.8. The first kappa shape index (κ1) is 29.2. The van der Waals surface area contributed by atoms with E-state index in [2.05, 4.69) is 18.8 Å². The molecule has 3 aliphatic rings. The fourth-order valence-electron chi connectivity index (χ4n) is 7.26. The summed E-state index contributed by atoms with van der Waals surface area (Å²) in [5.41, 5.74) is 4.23. The third kappa shape index (κ3) is 6.02. The highest BCUT2D eigenvalue weighted by molar-refractivity contribution is 6.06. The molecule has 0 unspecified atom stereocenters. The van der Waals surface area contributed by atoms with E-state index in [4.69, 9.17) is 0 Å². The second-order valence-corrected chi connectivity index (χ2v) is 12.1. The number of likely N-dealkylation sites (tertiary alicyclic amines) is 1. The molecule has 1 aliphatic heterocycles. The molecule has 7 heteroatoms. The summed E-state index contributed by atoms with van der Waals surface area (Å²) in [4.78, 5) is 33.5. The van der Waals surface area contributed by atoms with Crippen molar-refractivity contribution in [3.05, 3.63) is 71.1 Å². The summed E-state index contributed by atoms with van der Waals surface area (Å²) in [5, 5.41) is 32.4. The Kier molecular flexibility index (Phi) is 9.05. The van der Waals surface area contributed by atoms with Crippen molar-refractivity contribution in [2.45, 2.75) is 77.4 Å². The van der Waals surface area contributed by atoms with Crippen molar-refractivity contribution in [3.8, 4) is 5.75 Å². The number of aliphatic hydroxyl groups is 2. The summed E-state index contributed by atoms with van der Waals surface area (Å²) >= 11 is 0. The number of amides is 2. The summed E-state index contributed by atoms with van der Waals surface area (Å²) in [6.45, 7) is 3.82. The van der Waals surface area contributed by atoms with Crippen molar-refractivity contribution in [1.82, 2.24) is 9.88 Å². The van der Waals surface area contributed by atoms with Gasteiger partial charge in [0.15, 0.2) is 0 Å². The average molecular weight is 559 g/mol. The maximum absolute atomic E-state index is 13.8. The minimum atomic E-state index is -0.881. The van der Waals surface area contributed by atoms with Crippen LogP contribution in [0.1, 0.15) is 76.5 Å². The molecule has 1 aromatic carbocycles. The molecule has 1 aromatic heterocycles. The van der Waals surface area contributed by atoms with Crippen LogP contribution in [0.4, 0.5) is 0 Å². The Labute approximate surface area is 242 Å². The molecule has 2 aromatic rings. The van der Waals surface area contributed by atoms with E-state index in [1.807, 2.05) is 30.3 Å². The Morgan fingerprint density at radius 3 is 2.51 bits per heavy atom. The number of fused-ring (bicyclic) bond motifs is 1. The fraction of sp³-hybridized carbons (Fsp3) is 0.500. The molecule has 5 rings (SSSR count). The van der Waals surface area contributed by atoms with Gasteiger partial charge in [-0.15, -0.1) is 0 Å². The Bertz CT molecular complexity index is 1310. The molecule has 0 bridgehead atoms. The van der Waals surface area contributed by atoms with Crippen LogP contribution in [0.25, 0.3) is 11.6 Å². The minimum Gasteiger partial charge on any atom is -0.508 e. The number of rotatable bonds is 9. The van der Waals surface area contributed by atoms with Gasteiger partial charge in [-0.05, 0) is 85.1 Å². The van der Waals surface area contributed by atoms with Crippen molar-refractivity contribution in [2.24, 2.45) is 23.7 Å². The van der Waals surface area contributed by atoms with Gasteiger partial charge in [-0.1, -0.05) is 56.9 Å². The second-order valence-electron chi connectivity index (χ2n) is 12.1. The van der Waals surface area contributed by atoms with Gasteiger partial charge in [0.25, 0.3) is 0 Å². The first-order valence-corrected chi connectivity index (χ1v) is 15.1. The summed E-state index contributed by atoms with van der Waals surface area (Å²) in [6, 6.07) is 12.6. The molecular weight excluding hydrogens is 516 g/mol.